The summed E-state index contributed by atoms with van der Waals surface area (Å²) in [4.78, 5) is 11.9. The van der Waals surface area contributed by atoms with Crippen LogP contribution in [0.1, 0.15) is 48.0 Å². The monoisotopic (exact) mass is 286 g/mol. The normalized spacial score (nSPS) is 30.3. The number of carbonyl (C=O) groups excluding carboxylic acids is 1. The van der Waals surface area contributed by atoms with Gasteiger partial charge in [0.15, 0.2) is 0 Å². The first kappa shape index (κ1) is 17.2. The lowest BCUT2D eigenvalue weighted by Gasteiger charge is -2.59. The van der Waals surface area contributed by atoms with Gasteiger partial charge in [-0.1, -0.05) is 34.6 Å². The molecule has 0 heterocycles. The van der Waals surface area contributed by atoms with Gasteiger partial charge >= 0.3 is 6.03 Å². The van der Waals surface area contributed by atoms with E-state index >= 15 is 0 Å². The molecule has 0 aromatic rings. The van der Waals surface area contributed by atoms with Gasteiger partial charge in [0, 0.05) is 25.1 Å². The standard InChI is InChI=1S/C15H30N2O3/c1-13(2,3)11(18)9-16-12(19)17-10-8-15(6,20-7)14(10,4)5/h10-11,18H,8-9H2,1-7H3,(H2,16,17,19). The summed E-state index contributed by atoms with van der Waals surface area (Å²) in [7, 11) is 1.71. The molecule has 3 unspecified atom stereocenters. The van der Waals surface area contributed by atoms with Gasteiger partial charge in [-0.15, -0.1) is 0 Å². The van der Waals surface area contributed by atoms with Crippen LogP contribution in [0.15, 0.2) is 0 Å². The molecule has 1 saturated carbocycles. The van der Waals surface area contributed by atoms with E-state index in [4.69, 9.17) is 4.74 Å². The second kappa shape index (κ2) is 5.53. The number of carbonyl (C=O) groups is 1. The van der Waals surface area contributed by atoms with Crippen LogP contribution in [0.25, 0.3) is 0 Å². The topological polar surface area (TPSA) is 70.6 Å². The van der Waals surface area contributed by atoms with Crippen molar-refractivity contribution in [3.05, 3.63) is 0 Å². The number of methoxy groups -OCH3 is 1. The Morgan fingerprint density at radius 3 is 2.35 bits per heavy atom. The molecule has 118 valence electrons. The molecule has 0 radical (unpaired) electrons. The Morgan fingerprint density at radius 2 is 1.95 bits per heavy atom. The van der Waals surface area contributed by atoms with Crippen molar-refractivity contribution in [2.24, 2.45) is 10.8 Å². The first-order valence-corrected chi connectivity index (χ1v) is 7.21. The number of hydrogen-bond acceptors (Lipinski definition) is 3. The predicted octanol–water partition coefficient (Wildman–Crippen LogP) is 1.90. The summed E-state index contributed by atoms with van der Waals surface area (Å²) in [5, 5.41) is 15.6. The van der Waals surface area contributed by atoms with E-state index in [-0.39, 0.29) is 35.0 Å². The summed E-state index contributed by atoms with van der Waals surface area (Å²) >= 11 is 0. The van der Waals surface area contributed by atoms with Crippen LogP contribution in [0.4, 0.5) is 4.79 Å². The molecule has 0 spiro atoms. The molecule has 5 nitrogen and oxygen atoms in total. The second-order valence-electron chi connectivity index (χ2n) is 7.65. The van der Waals surface area contributed by atoms with Crippen LogP contribution in [0.5, 0.6) is 0 Å². The van der Waals surface area contributed by atoms with E-state index in [9.17, 15) is 9.90 Å². The molecular weight excluding hydrogens is 256 g/mol. The van der Waals surface area contributed by atoms with Crippen molar-refractivity contribution in [2.45, 2.75) is 65.7 Å². The maximum atomic E-state index is 11.9. The van der Waals surface area contributed by atoms with E-state index in [0.717, 1.165) is 6.42 Å². The molecule has 0 aromatic heterocycles. The fourth-order valence-electron chi connectivity index (χ4n) is 2.43. The zero-order chi connectivity index (χ0) is 15.8. The third kappa shape index (κ3) is 3.26. The van der Waals surface area contributed by atoms with Crippen molar-refractivity contribution in [2.75, 3.05) is 13.7 Å². The Kier molecular flexibility index (Phi) is 4.76. The summed E-state index contributed by atoms with van der Waals surface area (Å²) in [5.74, 6) is 0. The Bertz CT molecular complexity index is 363. The molecule has 1 rings (SSSR count). The summed E-state index contributed by atoms with van der Waals surface area (Å²) in [6.07, 6.45) is 0.234. The number of hydrogen-bond donors (Lipinski definition) is 3. The second-order valence-corrected chi connectivity index (χ2v) is 7.65. The van der Waals surface area contributed by atoms with Gasteiger partial charge in [-0.25, -0.2) is 4.79 Å². The first-order valence-electron chi connectivity index (χ1n) is 7.21. The smallest absolute Gasteiger partial charge is 0.315 e. The first-order chi connectivity index (χ1) is 8.94. The van der Waals surface area contributed by atoms with Crippen molar-refractivity contribution < 1.29 is 14.6 Å². The van der Waals surface area contributed by atoms with Gasteiger partial charge in [0.25, 0.3) is 0 Å². The van der Waals surface area contributed by atoms with Crippen molar-refractivity contribution in [3.8, 4) is 0 Å². The van der Waals surface area contributed by atoms with Crippen LogP contribution in [0, 0.1) is 10.8 Å². The van der Waals surface area contributed by atoms with Crippen LogP contribution < -0.4 is 10.6 Å². The van der Waals surface area contributed by atoms with Crippen LogP contribution in [-0.4, -0.2) is 42.5 Å². The van der Waals surface area contributed by atoms with Crippen LogP contribution in [0.2, 0.25) is 0 Å². The van der Waals surface area contributed by atoms with Crippen molar-refractivity contribution >= 4 is 6.03 Å². The molecule has 0 saturated heterocycles. The fraction of sp³-hybridized carbons (Fsp3) is 0.933. The van der Waals surface area contributed by atoms with Crippen LogP contribution in [-0.2, 0) is 4.74 Å². The molecule has 1 aliphatic rings. The van der Waals surface area contributed by atoms with E-state index in [1.54, 1.807) is 7.11 Å². The fourth-order valence-corrected chi connectivity index (χ4v) is 2.43. The van der Waals surface area contributed by atoms with E-state index in [2.05, 4.69) is 31.4 Å². The highest BCUT2D eigenvalue weighted by Gasteiger charge is 2.58. The molecule has 0 bridgehead atoms. The highest BCUT2D eigenvalue weighted by Crippen LogP contribution is 2.51. The SMILES string of the molecule is COC1(C)CC(NC(=O)NCC(O)C(C)(C)C)C1(C)C. The summed E-state index contributed by atoms with van der Waals surface area (Å²) in [6.45, 7) is 12.3. The molecule has 2 amide bonds. The Labute approximate surface area is 122 Å². The van der Waals surface area contributed by atoms with Gasteiger partial charge in [-0.3, -0.25) is 0 Å². The molecule has 20 heavy (non-hydrogen) atoms. The van der Waals surface area contributed by atoms with Gasteiger partial charge in [0.05, 0.1) is 11.7 Å². The van der Waals surface area contributed by atoms with E-state index in [1.807, 2.05) is 20.8 Å². The van der Waals surface area contributed by atoms with Crippen molar-refractivity contribution in [1.82, 2.24) is 10.6 Å². The molecule has 1 fully saturated rings. The van der Waals surface area contributed by atoms with Crippen LogP contribution >= 0.6 is 0 Å². The van der Waals surface area contributed by atoms with Gasteiger partial charge in [-0.05, 0) is 18.8 Å². The lowest BCUT2D eigenvalue weighted by Crippen LogP contribution is -2.69. The molecule has 3 atom stereocenters. The van der Waals surface area contributed by atoms with Gasteiger partial charge in [0.1, 0.15) is 0 Å². The Morgan fingerprint density at radius 1 is 1.40 bits per heavy atom. The minimum absolute atomic E-state index is 0.0826. The number of rotatable bonds is 4. The molecule has 1 aliphatic carbocycles. The molecular formula is C15H30N2O3. The maximum Gasteiger partial charge on any atom is 0.315 e. The molecule has 5 heteroatoms. The van der Waals surface area contributed by atoms with E-state index in [1.165, 1.54) is 0 Å². The van der Waals surface area contributed by atoms with E-state index < -0.39 is 6.10 Å². The number of aliphatic hydroxyl groups is 1. The van der Waals surface area contributed by atoms with Crippen molar-refractivity contribution in [1.29, 1.82) is 0 Å². The predicted molar refractivity (Wildman–Crippen MR) is 79.6 cm³/mol. The third-order valence-corrected chi connectivity index (χ3v) is 5.04. The van der Waals surface area contributed by atoms with Gasteiger partial charge < -0.3 is 20.5 Å². The zero-order valence-corrected chi connectivity index (χ0v) is 13.8. The molecule has 0 aromatic carbocycles. The summed E-state index contributed by atoms with van der Waals surface area (Å²) < 4.78 is 5.53. The number of urea groups is 1. The van der Waals surface area contributed by atoms with Gasteiger partial charge in [0.2, 0.25) is 0 Å². The lowest BCUT2D eigenvalue weighted by molar-refractivity contribution is -0.177. The summed E-state index contributed by atoms with van der Waals surface area (Å²) in [6, 6.07) is -0.149. The summed E-state index contributed by atoms with van der Waals surface area (Å²) in [5.41, 5.74) is -0.546. The number of ether oxygens (including phenoxy) is 1. The highest BCUT2D eigenvalue weighted by atomic mass is 16.5. The van der Waals surface area contributed by atoms with E-state index in [0.29, 0.717) is 0 Å². The lowest BCUT2D eigenvalue weighted by atomic mass is 9.56. The molecule has 0 aliphatic heterocycles. The maximum absolute atomic E-state index is 11.9. The number of aliphatic hydroxyl groups excluding tert-OH is 1. The Balaban J connectivity index is 2.42. The minimum atomic E-state index is -0.563. The number of amides is 2. The largest absolute Gasteiger partial charge is 0.391 e. The zero-order valence-electron chi connectivity index (χ0n) is 13.8. The average Bonchev–Trinajstić information content (AvgIpc) is 2.33. The van der Waals surface area contributed by atoms with Gasteiger partial charge in [-0.2, -0.15) is 0 Å². The highest BCUT2D eigenvalue weighted by molar-refractivity contribution is 5.74. The Hall–Kier alpha value is -0.810. The van der Waals surface area contributed by atoms with Crippen LogP contribution in [0.3, 0.4) is 0 Å². The van der Waals surface area contributed by atoms with Crippen molar-refractivity contribution in [3.63, 3.8) is 0 Å². The quantitative estimate of drug-likeness (QED) is 0.739. The number of nitrogens with one attached hydrogen (secondary N) is 2. The molecule has 3 N–H and O–H groups in total. The average molecular weight is 286 g/mol. The minimum Gasteiger partial charge on any atom is -0.391 e. The third-order valence-electron chi connectivity index (χ3n) is 5.04.